The number of nitrogens with zero attached hydrogens (tertiary/aromatic N) is 1. The molecule has 0 aliphatic rings. The fourth-order valence-corrected chi connectivity index (χ4v) is 0.983. The average molecular weight is 233 g/mol. The van der Waals surface area contributed by atoms with Crippen LogP contribution in [-0.2, 0) is 4.79 Å². The SMILES string of the molecule is C=C(F)C(=O)NNC(=O)c1cccc(C#N)c1. The summed E-state index contributed by atoms with van der Waals surface area (Å²) >= 11 is 0. The molecule has 0 radical (unpaired) electrons. The lowest BCUT2D eigenvalue weighted by atomic mass is 10.1. The Morgan fingerprint density at radius 3 is 2.65 bits per heavy atom. The van der Waals surface area contributed by atoms with Crippen molar-refractivity contribution < 1.29 is 14.0 Å². The summed E-state index contributed by atoms with van der Waals surface area (Å²) in [4.78, 5) is 22.2. The second kappa shape index (κ2) is 5.42. The van der Waals surface area contributed by atoms with E-state index in [4.69, 9.17) is 5.26 Å². The van der Waals surface area contributed by atoms with Gasteiger partial charge in [0.1, 0.15) is 0 Å². The molecule has 0 saturated heterocycles. The van der Waals surface area contributed by atoms with Crippen LogP contribution in [0.4, 0.5) is 4.39 Å². The van der Waals surface area contributed by atoms with E-state index in [1.807, 2.05) is 16.9 Å². The number of rotatable bonds is 2. The molecule has 2 amide bonds. The summed E-state index contributed by atoms with van der Waals surface area (Å²) < 4.78 is 12.3. The highest BCUT2D eigenvalue weighted by Gasteiger charge is 2.09. The maximum absolute atomic E-state index is 12.3. The molecule has 0 aliphatic heterocycles. The summed E-state index contributed by atoms with van der Waals surface area (Å²) in [7, 11) is 0. The Morgan fingerprint density at radius 2 is 2.06 bits per heavy atom. The van der Waals surface area contributed by atoms with Gasteiger partial charge < -0.3 is 0 Å². The van der Waals surface area contributed by atoms with Crippen LogP contribution in [0.3, 0.4) is 0 Å². The highest BCUT2D eigenvalue weighted by atomic mass is 19.1. The van der Waals surface area contributed by atoms with Crippen molar-refractivity contribution in [3.8, 4) is 6.07 Å². The van der Waals surface area contributed by atoms with Gasteiger partial charge >= 0.3 is 0 Å². The number of hydrogen-bond acceptors (Lipinski definition) is 3. The number of amides is 2. The Hall–Kier alpha value is -2.68. The molecule has 1 aromatic carbocycles. The van der Waals surface area contributed by atoms with Gasteiger partial charge in [-0.3, -0.25) is 20.4 Å². The van der Waals surface area contributed by atoms with Gasteiger partial charge in [0.2, 0.25) is 0 Å². The van der Waals surface area contributed by atoms with Crippen molar-refractivity contribution in [3.05, 3.63) is 47.8 Å². The number of hydrazine groups is 1. The van der Waals surface area contributed by atoms with Crippen LogP contribution in [0.5, 0.6) is 0 Å². The predicted octanol–water partition coefficient (Wildman–Crippen LogP) is 0.802. The Labute approximate surface area is 96.5 Å². The van der Waals surface area contributed by atoms with E-state index in [1.54, 1.807) is 0 Å². The first-order valence-corrected chi connectivity index (χ1v) is 4.50. The Balaban J connectivity index is 2.68. The second-order valence-corrected chi connectivity index (χ2v) is 3.01. The number of carbonyl (C=O) groups is 2. The molecule has 17 heavy (non-hydrogen) atoms. The normalized spacial score (nSPS) is 8.94. The van der Waals surface area contributed by atoms with Crippen LogP contribution in [0.2, 0.25) is 0 Å². The molecule has 0 saturated carbocycles. The maximum atomic E-state index is 12.3. The predicted molar refractivity (Wildman–Crippen MR) is 57.0 cm³/mol. The Morgan fingerprint density at radius 1 is 1.35 bits per heavy atom. The summed E-state index contributed by atoms with van der Waals surface area (Å²) in [5, 5.41) is 8.62. The lowest BCUT2D eigenvalue weighted by Gasteiger charge is -2.05. The standard InChI is InChI=1S/C11H8FN3O2/c1-7(12)10(16)14-15-11(17)9-4-2-3-8(5-9)6-13/h2-5H,1H2,(H,14,16)(H,15,17). The van der Waals surface area contributed by atoms with E-state index < -0.39 is 17.6 Å². The number of nitrogens with one attached hydrogen (secondary N) is 2. The van der Waals surface area contributed by atoms with Crippen molar-refractivity contribution in [3.63, 3.8) is 0 Å². The molecular weight excluding hydrogens is 225 g/mol. The first-order valence-electron chi connectivity index (χ1n) is 4.50. The van der Waals surface area contributed by atoms with Crippen LogP contribution >= 0.6 is 0 Å². The molecule has 2 N–H and O–H groups in total. The van der Waals surface area contributed by atoms with Crippen molar-refractivity contribution in [2.45, 2.75) is 0 Å². The van der Waals surface area contributed by atoms with Gasteiger partial charge in [-0.05, 0) is 18.2 Å². The van der Waals surface area contributed by atoms with Crippen molar-refractivity contribution in [1.82, 2.24) is 10.9 Å². The van der Waals surface area contributed by atoms with Gasteiger partial charge in [-0.15, -0.1) is 0 Å². The minimum Gasteiger partial charge on any atom is -0.267 e. The molecule has 0 atom stereocenters. The van der Waals surface area contributed by atoms with Gasteiger partial charge in [0.05, 0.1) is 11.6 Å². The molecule has 1 aromatic rings. The summed E-state index contributed by atoms with van der Waals surface area (Å²) in [6.07, 6.45) is 0. The zero-order valence-electron chi connectivity index (χ0n) is 8.66. The summed E-state index contributed by atoms with van der Waals surface area (Å²) in [5.74, 6) is -3.00. The summed E-state index contributed by atoms with van der Waals surface area (Å²) in [6, 6.07) is 7.70. The quantitative estimate of drug-likeness (QED) is 0.585. The van der Waals surface area contributed by atoms with Gasteiger partial charge in [-0.25, -0.2) is 4.39 Å². The lowest BCUT2D eigenvalue weighted by molar-refractivity contribution is -0.119. The van der Waals surface area contributed by atoms with Crippen LogP contribution in [0.1, 0.15) is 15.9 Å². The smallest absolute Gasteiger partial charge is 0.267 e. The van der Waals surface area contributed by atoms with E-state index in [-0.39, 0.29) is 5.56 Å². The van der Waals surface area contributed by atoms with Crippen LogP contribution in [0.15, 0.2) is 36.7 Å². The molecule has 0 aliphatic carbocycles. The second-order valence-electron chi connectivity index (χ2n) is 3.01. The molecule has 5 nitrogen and oxygen atoms in total. The molecule has 86 valence electrons. The van der Waals surface area contributed by atoms with Gasteiger partial charge in [0.15, 0.2) is 5.83 Å². The van der Waals surface area contributed by atoms with Gasteiger partial charge in [0, 0.05) is 5.56 Å². The molecule has 0 bridgehead atoms. The van der Waals surface area contributed by atoms with E-state index in [2.05, 4.69) is 6.58 Å². The van der Waals surface area contributed by atoms with E-state index in [9.17, 15) is 14.0 Å². The van der Waals surface area contributed by atoms with E-state index in [0.717, 1.165) is 0 Å². The first kappa shape index (κ1) is 12.4. The third kappa shape index (κ3) is 3.43. The van der Waals surface area contributed by atoms with Crippen LogP contribution < -0.4 is 10.9 Å². The summed E-state index contributed by atoms with van der Waals surface area (Å²) in [5.41, 5.74) is 4.28. The monoisotopic (exact) mass is 233 g/mol. The van der Waals surface area contributed by atoms with Crippen LogP contribution in [-0.4, -0.2) is 11.8 Å². The van der Waals surface area contributed by atoms with Crippen molar-refractivity contribution in [2.75, 3.05) is 0 Å². The van der Waals surface area contributed by atoms with Crippen LogP contribution in [0, 0.1) is 11.3 Å². The zero-order valence-corrected chi connectivity index (χ0v) is 8.66. The van der Waals surface area contributed by atoms with Crippen molar-refractivity contribution >= 4 is 11.8 Å². The molecule has 0 unspecified atom stereocenters. The molecule has 1 rings (SSSR count). The molecule has 0 aromatic heterocycles. The fraction of sp³-hybridized carbons (Fsp3) is 0. The maximum Gasteiger partial charge on any atom is 0.297 e. The first-order chi connectivity index (χ1) is 8.04. The minimum atomic E-state index is -1.21. The third-order valence-electron chi connectivity index (χ3n) is 1.79. The van der Waals surface area contributed by atoms with Gasteiger partial charge in [0.25, 0.3) is 11.8 Å². The molecule has 6 heteroatoms. The molecule has 0 fully saturated rings. The lowest BCUT2D eigenvalue weighted by Crippen LogP contribution is -2.41. The number of halogens is 1. The number of carbonyl (C=O) groups excluding carboxylic acids is 2. The number of benzene rings is 1. The van der Waals surface area contributed by atoms with Gasteiger partial charge in [-0.2, -0.15) is 5.26 Å². The molecule has 0 spiro atoms. The Bertz CT molecular complexity index is 520. The highest BCUT2D eigenvalue weighted by molar-refractivity contribution is 5.97. The highest BCUT2D eigenvalue weighted by Crippen LogP contribution is 2.03. The molecular formula is C11H8FN3O2. The van der Waals surface area contributed by atoms with Crippen molar-refractivity contribution in [2.24, 2.45) is 0 Å². The number of hydrogen-bond donors (Lipinski definition) is 2. The minimum absolute atomic E-state index is 0.175. The summed E-state index contributed by atoms with van der Waals surface area (Å²) in [6.45, 7) is 2.76. The van der Waals surface area contributed by atoms with Crippen molar-refractivity contribution in [1.29, 1.82) is 5.26 Å². The zero-order chi connectivity index (χ0) is 12.8. The Kier molecular flexibility index (Phi) is 3.95. The topological polar surface area (TPSA) is 82.0 Å². The van der Waals surface area contributed by atoms with Crippen LogP contribution in [0.25, 0.3) is 0 Å². The largest absolute Gasteiger partial charge is 0.297 e. The van der Waals surface area contributed by atoms with E-state index in [0.29, 0.717) is 5.56 Å². The third-order valence-corrected chi connectivity index (χ3v) is 1.79. The average Bonchev–Trinajstić information content (AvgIpc) is 2.35. The van der Waals surface area contributed by atoms with E-state index >= 15 is 0 Å². The van der Waals surface area contributed by atoms with E-state index in [1.165, 1.54) is 24.3 Å². The van der Waals surface area contributed by atoms with Gasteiger partial charge in [-0.1, -0.05) is 12.6 Å². The fourth-order valence-electron chi connectivity index (χ4n) is 0.983. The molecule has 0 heterocycles. The number of nitriles is 1.